The summed E-state index contributed by atoms with van der Waals surface area (Å²) in [6.45, 7) is 11.4. The Hall–Kier alpha value is -1.94. The van der Waals surface area contributed by atoms with Crippen LogP contribution in [-0.4, -0.2) is 41.0 Å². The molecule has 0 saturated heterocycles. The Labute approximate surface area is 220 Å². The van der Waals surface area contributed by atoms with Crippen LogP contribution in [0, 0.1) is 0 Å². The molecule has 188 valence electrons. The Kier molecular flexibility index (Phi) is 7.62. The first-order valence-electron chi connectivity index (χ1n) is 11.9. The van der Waals surface area contributed by atoms with Gasteiger partial charge in [-0.3, -0.25) is 4.79 Å². The van der Waals surface area contributed by atoms with Gasteiger partial charge in [-0.2, -0.15) is 5.10 Å². The van der Waals surface area contributed by atoms with Gasteiger partial charge in [-0.25, -0.2) is 9.50 Å². The van der Waals surface area contributed by atoms with E-state index in [2.05, 4.69) is 65.2 Å². The first-order chi connectivity index (χ1) is 16.4. The first-order valence-corrected chi connectivity index (χ1v) is 15.9. The van der Waals surface area contributed by atoms with Crippen molar-refractivity contribution >= 4 is 53.1 Å². The van der Waals surface area contributed by atoms with Crippen LogP contribution >= 0.6 is 27.5 Å². The SMILES string of the molecule is CC(C)(C)[Si](C)(C)OC1CCC(Oc2ccc(Cl)cc2NC(=O)c2cnn3cc(Br)cnc23)CC1. The number of carbonyl (C=O) groups excluding carboxylic acids is 1. The van der Waals surface area contributed by atoms with Crippen LogP contribution in [0.1, 0.15) is 56.8 Å². The first kappa shape index (κ1) is 26.1. The lowest BCUT2D eigenvalue weighted by atomic mass is 9.95. The molecule has 2 heterocycles. The normalized spacial score (nSPS) is 19.1. The van der Waals surface area contributed by atoms with Crippen LogP contribution in [0.5, 0.6) is 5.75 Å². The van der Waals surface area contributed by atoms with Crippen LogP contribution in [-0.2, 0) is 4.43 Å². The molecular weight excluding hydrogens is 548 g/mol. The third-order valence-electron chi connectivity index (χ3n) is 6.94. The largest absolute Gasteiger partial charge is 0.488 e. The fraction of sp³-hybridized carbons (Fsp3) is 0.480. The number of nitrogens with one attached hydrogen (secondary N) is 1. The lowest BCUT2D eigenvalue weighted by Crippen LogP contribution is -2.45. The number of nitrogens with zero attached hydrogens (tertiary/aromatic N) is 3. The van der Waals surface area contributed by atoms with Crippen molar-refractivity contribution < 1.29 is 14.0 Å². The number of rotatable bonds is 6. The number of amides is 1. The molecule has 1 N–H and O–H groups in total. The van der Waals surface area contributed by atoms with Gasteiger partial charge in [0.1, 0.15) is 11.3 Å². The molecule has 1 saturated carbocycles. The summed E-state index contributed by atoms with van der Waals surface area (Å²) in [5.41, 5.74) is 1.36. The highest BCUT2D eigenvalue weighted by Crippen LogP contribution is 2.40. The Bertz CT molecular complexity index is 1220. The van der Waals surface area contributed by atoms with Crippen molar-refractivity contribution in [3.05, 3.63) is 51.8 Å². The van der Waals surface area contributed by atoms with Crippen molar-refractivity contribution in [2.45, 2.75) is 76.8 Å². The molecule has 35 heavy (non-hydrogen) atoms. The van der Waals surface area contributed by atoms with Crippen LogP contribution in [0.15, 0.2) is 41.3 Å². The second-order valence-electron chi connectivity index (χ2n) is 10.6. The van der Waals surface area contributed by atoms with Gasteiger partial charge in [-0.1, -0.05) is 32.4 Å². The third kappa shape index (κ3) is 6.07. The molecule has 10 heteroatoms. The number of fused-ring (bicyclic) bond motifs is 1. The summed E-state index contributed by atoms with van der Waals surface area (Å²) in [4.78, 5) is 17.4. The summed E-state index contributed by atoms with van der Waals surface area (Å²) in [5.74, 6) is 0.275. The van der Waals surface area contributed by atoms with Crippen molar-refractivity contribution in [1.82, 2.24) is 14.6 Å². The minimum Gasteiger partial charge on any atom is -0.488 e. The van der Waals surface area contributed by atoms with Crippen molar-refractivity contribution in [3.63, 3.8) is 0 Å². The second kappa shape index (κ2) is 10.2. The molecule has 1 aromatic carbocycles. The van der Waals surface area contributed by atoms with Gasteiger partial charge in [0.15, 0.2) is 14.0 Å². The molecule has 2 aromatic heterocycles. The van der Waals surface area contributed by atoms with Gasteiger partial charge in [0.2, 0.25) is 0 Å². The van der Waals surface area contributed by atoms with Gasteiger partial charge in [0, 0.05) is 23.5 Å². The minimum absolute atomic E-state index is 0.0575. The van der Waals surface area contributed by atoms with E-state index < -0.39 is 8.32 Å². The fourth-order valence-corrected chi connectivity index (χ4v) is 5.84. The molecule has 1 amide bonds. The molecule has 7 nitrogen and oxygen atoms in total. The molecular formula is C25H32BrClN4O3Si. The predicted molar refractivity (Wildman–Crippen MR) is 145 cm³/mol. The van der Waals surface area contributed by atoms with E-state index in [1.165, 1.54) is 6.20 Å². The van der Waals surface area contributed by atoms with E-state index in [9.17, 15) is 4.79 Å². The minimum atomic E-state index is -1.79. The molecule has 0 unspecified atom stereocenters. The van der Waals surface area contributed by atoms with Crippen molar-refractivity contribution in [3.8, 4) is 5.75 Å². The van der Waals surface area contributed by atoms with Gasteiger partial charge in [0.25, 0.3) is 5.91 Å². The standard InChI is InChI=1S/C25H32BrClN4O3Si/c1-25(2,3)35(4,5)34-19-9-7-18(8-10-19)33-22-11-6-17(27)12-21(22)30-24(32)20-14-29-31-15-16(26)13-28-23(20)31/h6,11-15,18-19H,7-10H2,1-5H3,(H,30,32). The lowest BCUT2D eigenvalue weighted by molar-refractivity contribution is 0.0729. The molecule has 0 spiro atoms. The lowest BCUT2D eigenvalue weighted by Gasteiger charge is -2.41. The zero-order valence-corrected chi connectivity index (χ0v) is 24.1. The van der Waals surface area contributed by atoms with Crippen LogP contribution in [0.4, 0.5) is 5.69 Å². The van der Waals surface area contributed by atoms with Gasteiger partial charge in [0.05, 0.1) is 22.5 Å². The predicted octanol–water partition coefficient (Wildman–Crippen LogP) is 7.11. The molecule has 1 fully saturated rings. The molecule has 0 aliphatic heterocycles. The Morgan fingerprint density at radius 2 is 1.86 bits per heavy atom. The maximum atomic E-state index is 13.1. The third-order valence-corrected chi connectivity index (χ3v) is 12.1. The molecule has 1 aliphatic carbocycles. The number of carbonyl (C=O) groups is 1. The Morgan fingerprint density at radius 3 is 2.54 bits per heavy atom. The van der Waals surface area contributed by atoms with Crippen molar-refractivity contribution in [2.75, 3.05) is 5.32 Å². The zero-order chi connectivity index (χ0) is 25.4. The number of hydrogen-bond donors (Lipinski definition) is 1. The summed E-state index contributed by atoms with van der Waals surface area (Å²) >= 11 is 9.61. The van der Waals surface area contributed by atoms with Crippen LogP contribution < -0.4 is 10.1 Å². The zero-order valence-electron chi connectivity index (χ0n) is 20.8. The summed E-state index contributed by atoms with van der Waals surface area (Å²) in [5, 5.41) is 7.87. The average molecular weight is 580 g/mol. The number of hydrogen-bond acceptors (Lipinski definition) is 5. The molecule has 3 aromatic rings. The van der Waals surface area contributed by atoms with E-state index in [-0.39, 0.29) is 23.2 Å². The van der Waals surface area contributed by atoms with E-state index in [0.717, 1.165) is 30.2 Å². The van der Waals surface area contributed by atoms with Gasteiger partial charge < -0.3 is 14.5 Å². The van der Waals surface area contributed by atoms with Crippen molar-refractivity contribution in [2.24, 2.45) is 0 Å². The summed E-state index contributed by atoms with van der Waals surface area (Å²) in [6, 6.07) is 5.28. The number of ether oxygens (including phenoxy) is 1. The van der Waals surface area contributed by atoms with Crippen molar-refractivity contribution in [1.29, 1.82) is 0 Å². The highest BCUT2D eigenvalue weighted by atomic mass is 79.9. The van der Waals surface area contributed by atoms with Gasteiger partial charge in [-0.05, 0) is 77.9 Å². The second-order valence-corrected chi connectivity index (χ2v) is 16.7. The Balaban J connectivity index is 1.42. The number of aromatic nitrogens is 3. The molecule has 0 atom stereocenters. The van der Waals surface area contributed by atoms with E-state index in [1.807, 2.05) is 6.07 Å². The van der Waals surface area contributed by atoms with Crippen LogP contribution in [0.25, 0.3) is 5.65 Å². The summed E-state index contributed by atoms with van der Waals surface area (Å²) in [6.07, 6.45) is 8.96. The summed E-state index contributed by atoms with van der Waals surface area (Å²) < 4.78 is 15.3. The molecule has 1 aliphatic rings. The van der Waals surface area contributed by atoms with E-state index in [4.69, 9.17) is 20.8 Å². The van der Waals surface area contributed by atoms with E-state index in [1.54, 1.807) is 29.0 Å². The number of anilines is 1. The molecule has 0 bridgehead atoms. The maximum Gasteiger partial charge on any atom is 0.261 e. The smallest absolute Gasteiger partial charge is 0.261 e. The highest BCUT2D eigenvalue weighted by molar-refractivity contribution is 9.10. The average Bonchev–Trinajstić information content (AvgIpc) is 3.19. The van der Waals surface area contributed by atoms with Gasteiger partial charge in [-0.15, -0.1) is 0 Å². The number of halogens is 2. The van der Waals surface area contributed by atoms with Crippen LogP contribution in [0.3, 0.4) is 0 Å². The molecule has 0 radical (unpaired) electrons. The monoisotopic (exact) mass is 578 g/mol. The Morgan fingerprint density at radius 1 is 1.17 bits per heavy atom. The maximum absolute atomic E-state index is 13.1. The quantitative estimate of drug-likeness (QED) is 0.315. The number of benzene rings is 1. The highest BCUT2D eigenvalue weighted by Gasteiger charge is 2.40. The fourth-order valence-electron chi connectivity index (χ4n) is 3.95. The summed E-state index contributed by atoms with van der Waals surface area (Å²) in [7, 11) is -1.79. The van der Waals surface area contributed by atoms with E-state index >= 15 is 0 Å². The van der Waals surface area contributed by atoms with Crippen LogP contribution in [0.2, 0.25) is 23.2 Å². The van der Waals surface area contributed by atoms with E-state index in [0.29, 0.717) is 27.7 Å². The van der Waals surface area contributed by atoms with Gasteiger partial charge >= 0.3 is 0 Å². The topological polar surface area (TPSA) is 77.8 Å². The molecule has 4 rings (SSSR count).